The summed E-state index contributed by atoms with van der Waals surface area (Å²) in [5.74, 6) is 0. The van der Waals surface area contributed by atoms with E-state index in [0.717, 1.165) is 18.5 Å². The third kappa shape index (κ3) is 2.01. The van der Waals surface area contributed by atoms with Crippen LogP contribution in [-0.4, -0.2) is 6.54 Å². The Morgan fingerprint density at radius 3 is 2.53 bits per heavy atom. The lowest BCUT2D eigenvalue weighted by molar-refractivity contribution is 1.11. The van der Waals surface area contributed by atoms with E-state index in [2.05, 4.69) is 23.5 Å². The molecule has 3 rings (SSSR count). The molecular formula is C14H11Cl2N. The van der Waals surface area contributed by atoms with Crippen LogP contribution in [0.1, 0.15) is 5.56 Å². The molecule has 0 radical (unpaired) electrons. The monoisotopic (exact) mass is 263 g/mol. The summed E-state index contributed by atoms with van der Waals surface area (Å²) in [5.41, 5.74) is 4.81. The number of hydrogen-bond donors (Lipinski definition) is 1. The molecule has 2 aromatic carbocycles. The zero-order valence-electron chi connectivity index (χ0n) is 9.13. The molecule has 0 unspecified atom stereocenters. The quantitative estimate of drug-likeness (QED) is 0.791. The number of benzene rings is 2. The van der Waals surface area contributed by atoms with Gasteiger partial charge in [-0.3, -0.25) is 0 Å². The summed E-state index contributed by atoms with van der Waals surface area (Å²) < 4.78 is 0. The van der Waals surface area contributed by atoms with Crippen molar-refractivity contribution >= 4 is 28.9 Å². The molecule has 0 bridgehead atoms. The van der Waals surface area contributed by atoms with Crippen LogP contribution in [-0.2, 0) is 6.42 Å². The molecule has 0 saturated heterocycles. The van der Waals surface area contributed by atoms with Crippen LogP contribution in [0.2, 0.25) is 10.0 Å². The number of hydrogen-bond acceptors (Lipinski definition) is 1. The predicted octanol–water partition coefficient (Wildman–Crippen LogP) is 4.63. The number of halogens is 2. The van der Waals surface area contributed by atoms with Gasteiger partial charge in [0.2, 0.25) is 0 Å². The van der Waals surface area contributed by atoms with Crippen LogP contribution in [0.5, 0.6) is 0 Å². The van der Waals surface area contributed by atoms with Crippen molar-refractivity contribution in [2.45, 2.75) is 6.42 Å². The molecule has 0 aromatic heterocycles. The van der Waals surface area contributed by atoms with E-state index in [1.165, 1.54) is 16.8 Å². The summed E-state index contributed by atoms with van der Waals surface area (Å²) in [6.07, 6.45) is 1.08. The average Bonchev–Trinajstić information content (AvgIpc) is 2.75. The Balaban J connectivity index is 2.19. The molecule has 1 heterocycles. The van der Waals surface area contributed by atoms with E-state index >= 15 is 0 Å². The van der Waals surface area contributed by atoms with E-state index < -0.39 is 0 Å². The molecular weight excluding hydrogens is 253 g/mol. The summed E-state index contributed by atoms with van der Waals surface area (Å²) in [7, 11) is 0. The molecule has 0 spiro atoms. The first-order valence-electron chi connectivity index (χ1n) is 5.56. The Kier molecular flexibility index (Phi) is 2.73. The Labute approximate surface area is 110 Å². The van der Waals surface area contributed by atoms with Crippen molar-refractivity contribution in [3.05, 3.63) is 52.0 Å². The third-order valence-corrected chi connectivity index (χ3v) is 3.46. The lowest BCUT2D eigenvalue weighted by atomic mass is 10.0. The highest BCUT2D eigenvalue weighted by Crippen LogP contribution is 2.36. The van der Waals surface area contributed by atoms with Gasteiger partial charge in [0.1, 0.15) is 0 Å². The smallest absolute Gasteiger partial charge is 0.0453 e. The second-order valence-corrected chi connectivity index (χ2v) is 5.05. The summed E-state index contributed by atoms with van der Waals surface area (Å²) in [5, 5.41) is 4.76. The van der Waals surface area contributed by atoms with E-state index in [0.29, 0.717) is 10.0 Å². The fourth-order valence-electron chi connectivity index (χ4n) is 2.29. The molecule has 0 saturated carbocycles. The van der Waals surface area contributed by atoms with Crippen LogP contribution in [0.25, 0.3) is 11.1 Å². The second-order valence-electron chi connectivity index (χ2n) is 4.17. The first-order chi connectivity index (χ1) is 8.24. The van der Waals surface area contributed by atoms with Crippen molar-refractivity contribution < 1.29 is 0 Å². The third-order valence-electron chi connectivity index (χ3n) is 3.02. The first-order valence-corrected chi connectivity index (χ1v) is 6.32. The van der Waals surface area contributed by atoms with Crippen LogP contribution in [0, 0.1) is 0 Å². The molecule has 86 valence electrons. The molecule has 1 aliphatic heterocycles. The lowest BCUT2D eigenvalue weighted by Gasteiger charge is -2.09. The summed E-state index contributed by atoms with van der Waals surface area (Å²) >= 11 is 12.1. The zero-order valence-corrected chi connectivity index (χ0v) is 10.6. The van der Waals surface area contributed by atoms with Gasteiger partial charge in [0, 0.05) is 27.8 Å². The number of para-hydroxylation sites is 1. The zero-order chi connectivity index (χ0) is 11.8. The van der Waals surface area contributed by atoms with Gasteiger partial charge in [-0.05, 0) is 35.7 Å². The maximum absolute atomic E-state index is 6.05. The van der Waals surface area contributed by atoms with Gasteiger partial charge >= 0.3 is 0 Å². The van der Waals surface area contributed by atoms with Crippen molar-refractivity contribution in [3.63, 3.8) is 0 Å². The number of fused-ring (bicyclic) bond motifs is 1. The molecule has 0 fully saturated rings. The topological polar surface area (TPSA) is 12.0 Å². The Hall–Kier alpha value is -1.18. The minimum absolute atomic E-state index is 0.670. The highest BCUT2D eigenvalue weighted by atomic mass is 35.5. The number of anilines is 1. The standard InChI is InChI=1S/C14H11Cl2N/c15-11-6-10(7-12(16)8-11)13-3-1-2-9-4-5-17-14(9)13/h1-3,6-8,17H,4-5H2. The minimum atomic E-state index is 0.670. The fraction of sp³-hybridized carbons (Fsp3) is 0.143. The van der Waals surface area contributed by atoms with Crippen LogP contribution in [0.15, 0.2) is 36.4 Å². The van der Waals surface area contributed by atoms with Crippen molar-refractivity contribution in [2.24, 2.45) is 0 Å². The van der Waals surface area contributed by atoms with E-state index in [1.54, 1.807) is 6.07 Å². The number of rotatable bonds is 1. The van der Waals surface area contributed by atoms with Crippen LogP contribution >= 0.6 is 23.2 Å². The molecule has 3 heteroatoms. The average molecular weight is 264 g/mol. The van der Waals surface area contributed by atoms with Gasteiger partial charge in [-0.25, -0.2) is 0 Å². The first kappa shape index (κ1) is 10.9. The summed E-state index contributed by atoms with van der Waals surface area (Å²) in [6.45, 7) is 1.00. The van der Waals surface area contributed by atoms with Crippen molar-refractivity contribution in [3.8, 4) is 11.1 Å². The van der Waals surface area contributed by atoms with Crippen molar-refractivity contribution in [1.82, 2.24) is 0 Å². The minimum Gasteiger partial charge on any atom is -0.384 e. The highest BCUT2D eigenvalue weighted by Gasteiger charge is 2.15. The molecule has 0 amide bonds. The summed E-state index contributed by atoms with van der Waals surface area (Å²) in [4.78, 5) is 0. The van der Waals surface area contributed by atoms with Crippen LogP contribution < -0.4 is 5.32 Å². The van der Waals surface area contributed by atoms with Crippen LogP contribution in [0.3, 0.4) is 0 Å². The highest BCUT2D eigenvalue weighted by molar-refractivity contribution is 6.35. The maximum Gasteiger partial charge on any atom is 0.0453 e. The molecule has 2 aromatic rings. The molecule has 1 nitrogen and oxygen atoms in total. The molecule has 0 aliphatic carbocycles. The van der Waals surface area contributed by atoms with Gasteiger partial charge in [-0.15, -0.1) is 0 Å². The van der Waals surface area contributed by atoms with E-state index in [1.807, 2.05) is 12.1 Å². The largest absolute Gasteiger partial charge is 0.384 e. The maximum atomic E-state index is 6.05. The number of nitrogens with one attached hydrogen (secondary N) is 1. The van der Waals surface area contributed by atoms with Gasteiger partial charge in [0.15, 0.2) is 0 Å². The predicted molar refractivity (Wildman–Crippen MR) is 74.1 cm³/mol. The van der Waals surface area contributed by atoms with Gasteiger partial charge < -0.3 is 5.32 Å². The molecule has 0 atom stereocenters. The van der Waals surface area contributed by atoms with Crippen molar-refractivity contribution in [1.29, 1.82) is 0 Å². The Bertz CT molecular complexity index is 558. The lowest BCUT2D eigenvalue weighted by Crippen LogP contribution is -1.93. The van der Waals surface area contributed by atoms with Crippen LogP contribution in [0.4, 0.5) is 5.69 Å². The Morgan fingerprint density at radius 1 is 1.00 bits per heavy atom. The van der Waals surface area contributed by atoms with Gasteiger partial charge in [0.25, 0.3) is 0 Å². The second kappa shape index (κ2) is 4.25. The molecule has 17 heavy (non-hydrogen) atoms. The van der Waals surface area contributed by atoms with E-state index in [-0.39, 0.29) is 0 Å². The Morgan fingerprint density at radius 2 is 1.76 bits per heavy atom. The van der Waals surface area contributed by atoms with Crippen molar-refractivity contribution in [2.75, 3.05) is 11.9 Å². The molecule has 1 N–H and O–H groups in total. The molecule has 1 aliphatic rings. The SMILES string of the molecule is Clc1cc(Cl)cc(-c2cccc3c2NCC3)c1. The normalized spacial score (nSPS) is 13.3. The van der Waals surface area contributed by atoms with Gasteiger partial charge in [-0.2, -0.15) is 0 Å². The fourth-order valence-corrected chi connectivity index (χ4v) is 2.82. The van der Waals surface area contributed by atoms with E-state index in [9.17, 15) is 0 Å². The van der Waals surface area contributed by atoms with Gasteiger partial charge in [0.05, 0.1) is 0 Å². The van der Waals surface area contributed by atoms with E-state index in [4.69, 9.17) is 23.2 Å². The summed E-state index contributed by atoms with van der Waals surface area (Å²) in [6, 6.07) is 12.0. The van der Waals surface area contributed by atoms with Gasteiger partial charge in [-0.1, -0.05) is 41.4 Å².